The Morgan fingerprint density at radius 3 is 2.17 bits per heavy atom. The number of nitrogens with zero attached hydrogens (tertiary/aromatic N) is 2. The molecule has 4 rings (SSSR count). The summed E-state index contributed by atoms with van der Waals surface area (Å²) in [6, 6.07) is -0.466. The predicted octanol–water partition coefficient (Wildman–Crippen LogP) is 2.33. The van der Waals surface area contributed by atoms with Crippen molar-refractivity contribution < 1.29 is 67.9 Å². The van der Waals surface area contributed by atoms with E-state index in [1.807, 2.05) is 52.2 Å². The summed E-state index contributed by atoms with van der Waals surface area (Å²) in [6.07, 6.45) is -1.56. The molecule has 0 aliphatic carbocycles. The first kappa shape index (κ1) is 49.8. The number of carbonyl (C=O) groups excluding carboxylic acids is 2. The first-order chi connectivity index (χ1) is 27.8. The Morgan fingerprint density at radius 2 is 1.56 bits per heavy atom. The van der Waals surface area contributed by atoms with E-state index in [4.69, 9.17) is 37.9 Å². The molecule has 19 atom stereocenters. The van der Waals surface area contributed by atoms with Crippen LogP contribution >= 0.6 is 0 Å². The van der Waals surface area contributed by atoms with Gasteiger partial charge in [-0.2, -0.15) is 0 Å². The van der Waals surface area contributed by atoms with E-state index >= 15 is 0 Å². The number of likely N-dealkylation sites (N-methyl/N-ethyl adjacent to an activating group) is 2. The molecule has 0 bridgehead atoms. The number of hydrogen-bond donors (Lipinski definition) is 4. The number of methoxy groups -OCH3 is 1. The molecule has 16 heteroatoms. The zero-order valence-corrected chi connectivity index (χ0v) is 37.0. The Kier molecular flexibility index (Phi) is 18.9. The van der Waals surface area contributed by atoms with E-state index in [0.717, 1.165) is 12.7 Å². The lowest BCUT2D eigenvalue weighted by molar-refractivity contribution is -0.344. The van der Waals surface area contributed by atoms with Crippen LogP contribution in [-0.4, -0.2) is 181 Å². The summed E-state index contributed by atoms with van der Waals surface area (Å²) in [5, 5.41) is 45.1. The molecule has 4 N–H and O–H groups in total. The average molecular weight is 843 g/mol. The van der Waals surface area contributed by atoms with Gasteiger partial charge in [-0.3, -0.25) is 4.79 Å². The van der Waals surface area contributed by atoms with E-state index in [2.05, 4.69) is 4.90 Å². The molecule has 16 nitrogen and oxygen atoms in total. The molecule has 4 aliphatic heterocycles. The zero-order chi connectivity index (χ0) is 43.8. The Labute approximate surface area is 351 Å². The molecule has 340 valence electrons. The Morgan fingerprint density at radius 1 is 0.864 bits per heavy atom. The Bertz CT molecular complexity index is 1370. The lowest BCUT2D eigenvalue weighted by Gasteiger charge is -2.50. The molecule has 0 radical (unpaired) electrons. The van der Waals surface area contributed by atoms with E-state index in [0.29, 0.717) is 19.3 Å². The molecule has 0 spiro atoms. The van der Waals surface area contributed by atoms with Crippen LogP contribution < -0.4 is 0 Å². The summed E-state index contributed by atoms with van der Waals surface area (Å²) < 4.78 is 50.0. The molecule has 4 aliphatic rings. The Hall–Kier alpha value is -1.90. The third kappa shape index (κ3) is 13.3. The van der Waals surface area contributed by atoms with E-state index < -0.39 is 110 Å². The molecule has 0 amide bonds. The van der Waals surface area contributed by atoms with Crippen molar-refractivity contribution >= 4 is 12.3 Å². The summed E-state index contributed by atoms with van der Waals surface area (Å²) in [5.41, 5.74) is -1.47. The highest BCUT2D eigenvalue weighted by Gasteiger charge is 2.52. The zero-order valence-electron chi connectivity index (χ0n) is 37.0. The summed E-state index contributed by atoms with van der Waals surface area (Å²) >= 11 is 0. The predicted molar refractivity (Wildman–Crippen MR) is 217 cm³/mol. The molecule has 0 saturated carbocycles. The molecular weight excluding hydrogens is 768 g/mol. The first-order valence-corrected chi connectivity index (χ1v) is 21.3. The van der Waals surface area contributed by atoms with Crippen molar-refractivity contribution in [1.82, 2.24) is 9.80 Å². The highest BCUT2D eigenvalue weighted by Crippen LogP contribution is 2.37. The van der Waals surface area contributed by atoms with Crippen LogP contribution in [0.15, 0.2) is 24.3 Å². The van der Waals surface area contributed by atoms with Crippen molar-refractivity contribution in [2.75, 3.05) is 35.3 Å². The van der Waals surface area contributed by atoms with Crippen LogP contribution in [0.3, 0.4) is 0 Å². The third-order valence-electron chi connectivity index (χ3n) is 12.4. The molecule has 1 unspecified atom stereocenters. The highest BCUT2D eigenvalue weighted by molar-refractivity contribution is 5.70. The first-order valence-electron chi connectivity index (χ1n) is 21.3. The summed E-state index contributed by atoms with van der Waals surface area (Å²) in [6.45, 7) is 10.8. The minimum Gasteiger partial charge on any atom is -0.462 e. The smallest absolute Gasteiger partial charge is 0.308 e. The maximum absolute atomic E-state index is 13.1. The van der Waals surface area contributed by atoms with Gasteiger partial charge in [0.1, 0.15) is 36.8 Å². The number of allylic oxidation sites excluding steroid dienone is 2. The van der Waals surface area contributed by atoms with Crippen LogP contribution in [0.4, 0.5) is 0 Å². The van der Waals surface area contributed by atoms with Gasteiger partial charge in [0.05, 0.1) is 54.7 Å². The lowest BCUT2D eigenvalue weighted by Crippen LogP contribution is -2.65. The fraction of sp³-hybridized carbons (Fsp3) is 0.860. The van der Waals surface area contributed by atoms with Crippen LogP contribution in [0, 0.1) is 11.8 Å². The number of esters is 1. The largest absolute Gasteiger partial charge is 0.462 e. The maximum atomic E-state index is 13.1. The molecule has 59 heavy (non-hydrogen) atoms. The van der Waals surface area contributed by atoms with Gasteiger partial charge in [0, 0.05) is 32.4 Å². The van der Waals surface area contributed by atoms with Gasteiger partial charge < -0.3 is 72.9 Å². The number of hydrogen-bond acceptors (Lipinski definition) is 16. The molecule has 3 saturated heterocycles. The number of carbonyl (C=O) groups is 2. The maximum Gasteiger partial charge on any atom is 0.308 e. The molecule has 4 heterocycles. The fourth-order valence-electron chi connectivity index (χ4n) is 9.10. The van der Waals surface area contributed by atoms with Gasteiger partial charge in [-0.05, 0) is 93.9 Å². The molecular formula is C43H74N2O14. The van der Waals surface area contributed by atoms with Gasteiger partial charge in [-0.15, -0.1) is 0 Å². The SMILES string of the molecule is COC1[C@H](O)CC(=O)O[C@H](C)C/C=C/C=C/[C@H](O[C@H]2CC[C@H](N(C)C)[C@@H](C)O2)[C@H](C)C[C@H](CC=O)[C@@H]1O[C@@H]1O[C@H](C)[C@@H](O[C@H]2C[C@@](C)(O)[C@@H](O)[C@H](C)O2)[C@H](N(C)C)[C@H]1O. The third-order valence-corrected chi connectivity index (χ3v) is 12.4. The van der Waals surface area contributed by atoms with Gasteiger partial charge >= 0.3 is 5.97 Å². The molecule has 0 aromatic carbocycles. The van der Waals surface area contributed by atoms with E-state index in [1.165, 1.54) is 14.0 Å². The molecule has 0 aromatic heterocycles. The Balaban J connectivity index is 1.66. The van der Waals surface area contributed by atoms with Crippen molar-refractivity contribution in [3.05, 3.63) is 24.3 Å². The fourth-order valence-corrected chi connectivity index (χ4v) is 9.10. The topological polar surface area (TPSA) is 195 Å². The second-order valence-electron chi connectivity index (χ2n) is 17.8. The van der Waals surface area contributed by atoms with Crippen LogP contribution in [0.5, 0.6) is 0 Å². The number of rotatable bonds is 11. The van der Waals surface area contributed by atoms with Crippen LogP contribution in [0.25, 0.3) is 0 Å². The minimum absolute atomic E-state index is 0.00885. The summed E-state index contributed by atoms with van der Waals surface area (Å²) in [7, 11) is 9.03. The summed E-state index contributed by atoms with van der Waals surface area (Å²) in [4.78, 5) is 29.5. The summed E-state index contributed by atoms with van der Waals surface area (Å²) in [5.74, 6) is -1.47. The van der Waals surface area contributed by atoms with Gasteiger partial charge in [0.15, 0.2) is 18.9 Å². The van der Waals surface area contributed by atoms with E-state index in [1.54, 1.807) is 39.8 Å². The second-order valence-corrected chi connectivity index (χ2v) is 17.8. The van der Waals surface area contributed by atoms with Crippen molar-refractivity contribution in [1.29, 1.82) is 0 Å². The van der Waals surface area contributed by atoms with Crippen LogP contribution in [-0.2, 0) is 47.5 Å². The van der Waals surface area contributed by atoms with Gasteiger partial charge in [-0.1, -0.05) is 31.2 Å². The van der Waals surface area contributed by atoms with E-state index in [9.17, 15) is 30.0 Å². The average Bonchev–Trinajstić information content (AvgIpc) is 3.13. The normalized spacial score (nSPS) is 45.8. The van der Waals surface area contributed by atoms with Crippen molar-refractivity contribution in [3.63, 3.8) is 0 Å². The number of ether oxygens (including phenoxy) is 8. The number of aliphatic hydroxyl groups excluding tert-OH is 3. The van der Waals surface area contributed by atoms with Crippen LogP contribution in [0.1, 0.15) is 86.5 Å². The van der Waals surface area contributed by atoms with Crippen LogP contribution in [0.2, 0.25) is 0 Å². The quantitative estimate of drug-likeness (QED) is 0.175. The number of aliphatic hydroxyl groups is 4. The lowest BCUT2D eigenvalue weighted by atomic mass is 9.82. The standard InChI is InChI=1S/C43H74N2O14/c1-24-21-29(19-20-46)39(59-42-37(49)36(45(9)10)38(27(4)56-42)58-35-23-43(6,51)41(50)28(5)55-35)40(52-11)31(47)22-33(48)53-25(2)15-13-12-14-16-32(24)57-34-18-17-30(44(7)8)26(3)54-34/h12-14,16,20,24-32,34-42,47,49-51H,15,17-19,21-23H2,1-11H3/b13-12+,16-14+/t24-,25-,26-,27-,28+,29+,30+,31-,32+,34+,35+,36-,37-,38-,39+,40?,41+,42+,43-/m1/s1. The second kappa shape index (κ2) is 22.5. The molecule has 3 fully saturated rings. The van der Waals surface area contributed by atoms with Crippen molar-refractivity contribution in [2.24, 2.45) is 11.8 Å². The number of cyclic esters (lactones) is 1. The van der Waals surface area contributed by atoms with Crippen molar-refractivity contribution in [2.45, 2.75) is 190 Å². The molecule has 0 aromatic rings. The van der Waals surface area contributed by atoms with E-state index in [-0.39, 0.29) is 30.9 Å². The van der Waals surface area contributed by atoms with Gasteiger partial charge in [0.25, 0.3) is 0 Å². The van der Waals surface area contributed by atoms with Gasteiger partial charge in [0.2, 0.25) is 0 Å². The minimum atomic E-state index is -1.47. The monoisotopic (exact) mass is 843 g/mol. The highest BCUT2D eigenvalue weighted by atomic mass is 16.7. The van der Waals surface area contributed by atoms with Gasteiger partial charge in [-0.25, -0.2) is 0 Å². The van der Waals surface area contributed by atoms with Crippen molar-refractivity contribution in [3.8, 4) is 0 Å². The number of aldehydes is 1.